The Morgan fingerprint density at radius 2 is 2.08 bits per heavy atom. The molecule has 5 nitrogen and oxygen atoms in total. The first-order chi connectivity index (χ1) is 11.8. The lowest BCUT2D eigenvalue weighted by Gasteiger charge is -2.08. The number of aromatic nitrogens is 1. The molecule has 3 N–H and O–H groups in total. The molecule has 122 valence electrons. The van der Waals surface area contributed by atoms with E-state index in [1.807, 2.05) is 54.0 Å². The molecule has 0 fully saturated rings. The number of aliphatic imine (C=N–C) groups is 1. The number of rotatable bonds is 5. The van der Waals surface area contributed by atoms with Crippen molar-refractivity contribution in [1.29, 1.82) is 0 Å². The van der Waals surface area contributed by atoms with E-state index in [1.54, 1.807) is 18.4 Å². The first-order valence-corrected chi connectivity index (χ1v) is 8.33. The summed E-state index contributed by atoms with van der Waals surface area (Å²) < 4.78 is 5.30. The van der Waals surface area contributed by atoms with E-state index in [-0.39, 0.29) is 0 Å². The molecule has 0 aliphatic carbocycles. The van der Waals surface area contributed by atoms with Gasteiger partial charge in [-0.3, -0.25) is 0 Å². The maximum atomic E-state index is 5.94. The molecule has 0 unspecified atom stereocenters. The van der Waals surface area contributed by atoms with E-state index >= 15 is 0 Å². The van der Waals surface area contributed by atoms with Gasteiger partial charge in [0.25, 0.3) is 0 Å². The monoisotopic (exact) mass is 338 g/mol. The Kier molecular flexibility index (Phi) is 5.08. The predicted octanol–water partition coefficient (Wildman–Crippen LogP) is 3.75. The van der Waals surface area contributed by atoms with Gasteiger partial charge in [0.2, 0.25) is 0 Å². The number of thiophene rings is 1. The van der Waals surface area contributed by atoms with Crippen LogP contribution in [-0.4, -0.2) is 18.1 Å². The highest BCUT2D eigenvalue weighted by atomic mass is 32.1. The fraction of sp³-hybridized carbons (Fsp3) is 0.111. The Bertz CT molecular complexity index is 813. The molecule has 0 saturated carbocycles. The molecule has 3 aromatic rings. The number of para-hydroxylation sites is 1. The lowest BCUT2D eigenvalue weighted by atomic mass is 10.2. The number of benzene rings is 1. The average molecular weight is 338 g/mol. The van der Waals surface area contributed by atoms with Gasteiger partial charge in [0.15, 0.2) is 5.96 Å². The molecule has 6 heteroatoms. The number of nitrogens with two attached hydrogens (primary N) is 1. The number of nitrogens with zero attached hydrogens (tertiary/aromatic N) is 2. The molecule has 0 amide bonds. The summed E-state index contributed by atoms with van der Waals surface area (Å²) in [6, 6.07) is 15.7. The van der Waals surface area contributed by atoms with Crippen LogP contribution >= 0.6 is 11.3 Å². The quantitative estimate of drug-likeness (QED) is 0.549. The minimum atomic E-state index is 0.317. The van der Waals surface area contributed by atoms with Crippen LogP contribution in [0, 0.1) is 0 Å². The molecule has 0 atom stereocenters. The van der Waals surface area contributed by atoms with E-state index in [9.17, 15) is 0 Å². The second-order valence-electron chi connectivity index (χ2n) is 5.05. The molecule has 0 aliphatic heterocycles. The van der Waals surface area contributed by atoms with Gasteiger partial charge < -0.3 is 15.8 Å². The van der Waals surface area contributed by atoms with Crippen LogP contribution in [0.25, 0.3) is 10.4 Å². The Hall–Kier alpha value is -2.86. The van der Waals surface area contributed by atoms with Crippen molar-refractivity contribution in [3.05, 3.63) is 65.7 Å². The molecule has 24 heavy (non-hydrogen) atoms. The normalized spacial score (nSPS) is 11.3. The van der Waals surface area contributed by atoms with Crippen molar-refractivity contribution in [3.8, 4) is 16.2 Å². The van der Waals surface area contributed by atoms with Crippen LogP contribution in [0.2, 0.25) is 0 Å². The zero-order chi connectivity index (χ0) is 16.8. The highest BCUT2D eigenvalue weighted by molar-refractivity contribution is 7.13. The summed E-state index contributed by atoms with van der Waals surface area (Å²) in [5, 5.41) is 5.05. The van der Waals surface area contributed by atoms with Crippen molar-refractivity contribution >= 4 is 23.1 Å². The fourth-order valence-electron chi connectivity index (χ4n) is 2.23. The van der Waals surface area contributed by atoms with Crippen LogP contribution in [-0.2, 0) is 6.54 Å². The maximum Gasteiger partial charge on any atom is 0.194 e. The van der Waals surface area contributed by atoms with Crippen LogP contribution in [0.4, 0.5) is 5.82 Å². The van der Waals surface area contributed by atoms with E-state index in [4.69, 9.17) is 10.5 Å². The molecule has 2 aromatic heterocycles. The largest absolute Gasteiger partial charge is 0.496 e. The number of hydrogen-bond acceptors (Lipinski definition) is 4. The number of anilines is 1. The molecule has 3 rings (SSSR count). The third-order valence-electron chi connectivity index (χ3n) is 3.44. The number of methoxy groups -OCH3 is 1. The summed E-state index contributed by atoms with van der Waals surface area (Å²) in [7, 11) is 1.64. The maximum absolute atomic E-state index is 5.94. The van der Waals surface area contributed by atoms with E-state index in [0.29, 0.717) is 18.3 Å². The molecule has 0 spiro atoms. The van der Waals surface area contributed by atoms with Gasteiger partial charge in [0, 0.05) is 22.2 Å². The number of guanidine groups is 1. The minimum Gasteiger partial charge on any atom is -0.496 e. The Labute approximate surface area is 144 Å². The second kappa shape index (κ2) is 7.61. The van der Waals surface area contributed by atoms with Crippen molar-refractivity contribution < 1.29 is 4.74 Å². The van der Waals surface area contributed by atoms with Gasteiger partial charge in [-0.25, -0.2) is 9.98 Å². The smallest absolute Gasteiger partial charge is 0.194 e. The fourth-order valence-corrected chi connectivity index (χ4v) is 2.95. The predicted molar refractivity (Wildman–Crippen MR) is 99.5 cm³/mol. The Balaban J connectivity index is 1.65. The summed E-state index contributed by atoms with van der Waals surface area (Å²) in [4.78, 5) is 9.90. The lowest BCUT2D eigenvalue weighted by Crippen LogP contribution is -2.23. The number of hydrogen-bond donors (Lipinski definition) is 2. The summed E-state index contributed by atoms with van der Waals surface area (Å²) in [6.07, 6.45) is 1.82. The minimum absolute atomic E-state index is 0.317. The summed E-state index contributed by atoms with van der Waals surface area (Å²) >= 11 is 1.68. The summed E-state index contributed by atoms with van der Waals surface area (Å²) in [6.45, 7) is 0.441. The van der Waals surface area contributed by atoms with E-state index < -0.39 is 0 Å². The first-order valence-electron chi connectivity index (χ1n) is 7.45. The van der Waals surface area contributed by atoms with Gasteiger partial charge in [-0.05, 0) is 29.6 Å². The van der Waals surface area contributed by atoms with E-state index in [2.05, 4.69) is 21.4 Å². The van der Waals surface area contributed by atoms with E-state index in [0.717, 1.165) is 16.9 Å². The third-order valence-corrected chi connectivity index (χ3v) is 4.36. The standard InChI is InChI=1S/C18H18N4OS/c1-23-15-6-3-2-5-13(15)11-21-18(19)22-17-9-8-14(12-20-17)16-7-4-10-24-16/h2-10,12H,11H2,1H3,(H3,19,20,21,22). The highest BCUT2D eigenvalue weighted by Crippen LogP contribution is 2.24. The first kappa shape index (κ1) is 16.0. The van der Waals surface area contributed by atoms with Gasteiger partial charge >= 0.3 is 0 Å². The summed E-state index contributed by atoms with van der Waals surface area (Å²) in [5.41, 5.74) is 8.00. The lowest BCUT2D eigenvalue weighted by molar-refractivity contribution is 0.410. The Morgan fingerprint density at radius 3 is 2.79 bits per heavy atom. The molecular formula is C18H18N4OS. The van der Waals surface area contributed by atoms with Crippen molar-refractivity contribution in [2.24, 2.45) is 10.7 Å². The van der Waals surface area contributed by atoms with Gasteiger partial charge in [-0.15, -0.1) is 11.3 Å². The number of ether oxygens (including phenoxy) is 1. The van der Waals surface area contributed by atoms with Gasteiger partial charge in [0.1, 0.15) is 11.6 Å². The number of pyridine rings is 1. The van der Waals surface area contributed by atoms with Gasteiger partial charge in [0.05, 0.1) is 13.7 Å². The van der Waals surface area contributed by atoms with Crippen molar-refractivity contribution in [2.75, 3.05) is 12.4 Å². The van der Waals surface area contributed by atoms with Crippen LogP contribution < -0.4 is 15.8 Å². The average Bonchev–Trinajstić information content (AvgIpc) is 3.15. The zero-order valence-corrected chi connectivity index (χ0v) is 14.1. The highest BCUT2D eigenvalue weighted by Gasteiger charge is 2.03. The molecule has 0 radical (unpaired) electrons. The van der Waals surface area contributed by atoms with Crippen LogP contribution in [0.3, 0.4) is 0 Å². The molecule has 1 aromatic carbocycles. The molecule has 0 bridgehead atoms. The SMILES string of the molecule is COc1ccccc1CN=C(N)Nc1ccc(-c2cccs2)cn1. The van der Waals surface area contributed by atoms with Crippen LogP contribution in [0.5, 0.6) is 5.75 Å². The van der Waals surface area contributed by atoms with Gasteiger partial charge in [-0.1, -0.05) is 24.3 Å². The molecule has 0 aliphatic rings. The van der Waals surface area contributed by atoms with E-state index in [1.165, 1.54) is 4.88 Å². The van der Waals surface area contributed by atoms with Crippen molar-refractivity contribution in [2.45, 2.75) is 6.54 Å². The molecule has 2 heterocycles. The molecular weight excluding hydrogens is 320 g/mol. The van der Waals surface area contributed by atoms with Crippen molar-refractivity contribution in [3.63, 3.8) is 0 Å². The van der Waals surface area contributed by atoms with Crippen LogP contribution in [0.15, 0.2) is 65.1 Å². The number of nitrogens with one attached hydrogen (secondary N) is 1. The zero-order valence-electron chi connectivity index (χ0n) is 13.3. The second-order valence-corrected chi connectivity index (χ2v) is 6.00. The van der Waals surface area contributed by atoms with Crippen LogP contribution in [0.1, 0.15) is 5.56 Å². The van der Waals surface area contributed by atoms with Crippen molar-refractivity contribution in [1.82, 2.24) is 4.98 Å². The third kappa shape index (κ3) is 3.91. The summed E-state index contributed by atoms with van der Waals surface area (Å²) in [5.74, 6) is 1.78. The Morgan fingerprint density at radius 1 is 1.21 bits per heavy atom. The van der Waals surface area contributed by atoms with Gasteiger partial charge in [-0.2, -0.15) is 0 Å². The topological polar surface area (TPSA) is 72.5 Å². The molecule has 0 saturated heterocycles.